The van der Waals surface area contributed by atoms with Crippen molar-refractivity contribution >= 4 is 23.1 Å². The van der Waals surface area contributed by atoms with Crippen LogP contribution in [0.1, 0.15) is 29.8 Å². The average Bonchev–Trinajstić information content (AvgIpc) is 2.73. The molecule has 0 radical (unpaired) electrons. The Labute approximate surface area is 172 Å². The predicted molar refractivity (Wildman–Crippen MR) is 116 cm³/mol. The van der Waals surface area contributed by atoms with Gasteiger partial charge in [0.2, 0.25) is 0 Å². The van der Waals surface area contributed by atoms with Crippen molar-refractivity contribution < 1.29 is 14.3 Å². The Bertz CT molecular complexity index is 856. The lowest BCUT2D eigenvalue weighted by Crippen LogP contribution is -2.46. The predicted octanol–water partition coefficient (Wildman–Crippen LogP) is 3.36. The molecule has 1 amide bonds. The summed E-state index contributed by atoms with van der Waals surface area (Å²) < 4.78 is 5.51. The second-order valence-electron chi connectivity index (χ2n) is 7.34. The fraction of sp³-hybridized carbons (Fsp3) is 0.391. The van der Waals surface area contributed by atoms with Gasteiger partial charge >= 0.3 is 0 Å². The zero-order valence-corrected chi connectivity index (χ0v) is 17.4. The van der Waals surface area contributed by atoms with Gasteiger partial charge in [0.05, 0.1) is 0 Å². The zero-order valence-electron chi connectivity index (χ0n) is 17.4. The van der Waals surface area contributed by atoms with Crippen LogP contribution in [0.2, 0.25) is 0 Å². The Morgan fingerprint density at radius 2 is 1.72 bits per heavy atom. The summed E-state index contributed by atoms with van der Waals surface area (Å²) in [4.78, 5) is 28.4. The highest BCUT2D eigenvalue weighted by atomic mass is 16.5. The largest absolute Gasteiger partial charge is 0.484 e. The van der Waals surface area contributed by atoms with E-state index in [9.17, 15) is 9.59 Å². The molecule has 3 rings (SSSR count). The Kier molecular flexibility index (Phi) is 6.88. The number of rotatable bonds is 7. The highest BCUT2D eigenvalue weighted by molar-refractivity contribution is 5.94. The Hall–Kier alpha value is -2.86. The number of nitrogens with zero attached hydrogens (tertiary/aromatic N) is 2. The minimum Gasteiger partial charge on any atom is -0.484 e. The first-order valence-corrected chi connectivity index (χ1v) is 10.1. The van der Waals surface area contributed by atoms with Gasteiger partial charge in [0, 0.05) is 43.1 Å². The molecule has 29 heavy (non-hydrogen) atoms. The quantitative estimate of drug-likeness (QED) is 0.729. The van der Waals surface area contributed by atoms with E-state index < -0.39 is 0 Å². The number of hydrogen-bond donors (Lipinski definition) is 1. The molecular weight excluding hydrogens is 366 g/mol. The van der Waals surface area contributed by atoms with Gasteiger partial charge < -0.3 is 19.9 Å². The second kappa shape index (κ2) is 9.56. The van der Waals surface area contributed by atoms with Gasteiger partial charge in [-0.05, 0) is 68.4 Å². The number of nitrogens with one attached hydrogen (secondary N) is 1. The van der Waals surface area contributed by atoms with Crippen LogP contribution in [0.3, 0.4) is 0 Å². The SMILES string of the molecule is CCN1CCN(c2ccc(NC(=O)COc3ccc(C(C)=O)cc3)cc2C)CC1. The molecule has 1 aliphatic heterocycles. The summed E-state index contributed by atoms with van der Waals surface area (Å²) >= 11 is 0. The molecule has 2 aromatic carbocycles. The first-order chi connectivity index (χ1) is 14.0. The second-order valence-corrected chi connectivity index (χ2v) is 7.34. The molecule has 2 aromatic rings. The normalized spacial score (nSPS) is 14.5. The van der Waals surface area contributed by atoms with Crippen molar-refractivity contribution in [3.8, 4) is 5.75 Å². The molecule has 1 heterocycles. The number of piperazine rings is 1. The van der Waals surface area contributed by atoms with Gasteiger partial charge in [0.15, 0.2) is 12.4 Å². The van der Waals surface area contributed by atoms with Crippen molar-refractivity contribution in [2.45, 2.75) is 20.8 Å². The molecule has 0 spiro atoms. The van der Waals surface area contributed by atoms with Crippen LogP contribution in [0.15, 0.2) is 42.5 Å². The van der Waals surface area contributed by atoms with Crippen LogP contribution in [0, 0.1) is 6.92 Å². The van der Waals surface area contributed by atoms with E-state index in [1.54, 1.807) is 24.3 Å². The number of aryl methyl sites for hydroxylation is 1. The summed E-state index contributed by atoms with van der Waals surface area (Å²) in [6.45, 7) is 11.0. The Morgan fingerprint density at radius 3 is 2.31 bits per heavy atom. The van der Waals surface area contributed by atoms with E-state index in [1.165, 1.54) is 12.6 Å². The fourth-order valence-corrected chi connectivity index (χ4v) is 3.52. The van der Waals surface area contributed by atoms with Gasteiger partial charge in [-0.15, -0.1) is 0 Å². The molecular formula is C23H29N3O3. The highest BCUT2D eigenvalue weighted by Crippen LogP contribution is 2.25. The minimum atomic E-state index is -0.218. The summed E-state index contributed by atoms with van der Waals surface area (Å²) in [6.07, 6.45) is 0. The smallest absolute Gasteiger partial charge is 0.262 e. The number of benzene rings is 2. The molecule has 0 unspecified atom stereocenters. The first-order valence-electron chi connectivity index (χ1n) is 10.1. The number of ketones is 1. The molecule has 6 heteroatoms. The molecule has 1 fully saturated rings. The molecule has 1 N–H and O–H groups in total. The van der Waals surface area contributed by atoms with Crippen molar-refractivity contribution in [1.29, 1.82) is 0 Å². The number of amides is 1. The lowest BCUT2D eigenvalue weighted by Gasteiger charge is -2.36. The number of carbonyl (C=O) groups excluding carboxylic acids is 2. The number of ether oxygens (including phenoxy) is 1. The summed E-state index contributed by atoms with van der Waals surface area (Å²) in [5.41, 5.74) is 3.75. The van der Waals surface area contributed by atoms with E-state index in [-0.39, 0.29) is 18.3 Å². The van der Waals surface area contributed by atoms with Crippen molar-refractivity contribution in [2.75, 3.05) is 49.5 Å². The van der Waals surface area contributed by atoms with E-state index >= 15 is 0 Å². The lowest BCUT2D eigenvalue weighted by atomic mass is 10.1. The standard InChI is InChI=1S/C23H29N3O3/c1-4-25-11-13-26(14-12-25)22-10-7-20(15-17(22)2)24-23(28)16-29-21-8-5-19(6-9-21)18(3)27/h5-10,15H,4,11-14,16H2,1-3H3,(H,24,28). The number of Topliss-reactive ketones (excluding diaryl/α,β-unsaturated/α-hetero) is 1. The first kappa shape index (κ1) is 20.9. The van der Waals surface area contributed by atoms with Crippen molar-refractivity contribution in [3.05, 3.63) is 53.6 Å². The fourth-order valence-electron chi connectivity index (χ4n) is 3.52. The lowest BCUT2D eigenvalue weighted by molar-refractivity contribution is -0.118. The topological polar surface area (TPSA) is 61.9 Å². The number of hydrogen-bond acceptors (Lipinski definition) is 5. The molecule has 0 aromatic heterocycles. The summed E-state index contributed by atoms with van der Waals surface area (Å²) in [6, 6.07) is 12.8. The summed E-state index contributed by atoms with van der Waals surface area (Å²) in [7, 11) is 0. The van der Waals surface area contributed by atoms with Gasteiger partial charge in [0.25, 0.3) is 5.91 Å². The maximum atomic E-state index is 12.2. The molecule has 0 aliphatic carbocycles. The Balaban J connectivity index is 1.52. The Morgan fingerprint density at radius 1 is 1.03 bits per heavy atom. The van der Waals surface area contributed by atoms with Crippen LogP contribution in [0.25, 0.3) is 0 Å². The molecule has 0 saturated carbocycles. The summed E-state index contributed by atoms with van der Waals surface area (Å²) in [5.74, 6) is 0.340. The molecule has 0 atom stereocenters. The van der Waals surface area contributed by atoms with Crippen LogP contribution >= 0.6 is 0 Å². The minimum absolute atomic E-state index is 0.000327. The monoisotopic (exact) mass is 395 g/mol. The molecule has 154 valence electrons. The number of anilines is 2. The van der Waals surface area contributed by atoms with E-state index in [0.29, 0.717) is 11.3 Å². The third kappa shape index (κ3) is 5.57. The molecule has 6 nitrogen and oxygen atoms in total. The van der Waals surface area contributed by atoms with Crippen LogP contribution in [0.4, 0.5) is 11.4 Å². The van der Waals surface area contributed by atoms with E-state index in [2.05, 4.69) is 35.0 Å². The van der Waals surface area contributed by atoms with Crippen LogP contribution in [0.5, 0.6) is 5.75 Å². The van der Waals surface area contributed by atoms with Crippen LogP contribution < -0.4 is 15.0 Å². The average molecular weight is 396 g/mol. The third-order valence-corrected chi connectivity index (χ3v) is 5.27. The van der Waals surface area contributed by atoms with Gasteiger partial charge in [-0.1, -0.05) is 6.92 Å². The van der Waals surface area contributed by atoms with Gasteiger partial charge in [-0.2, -0.15) is 0 Å². The molecule has 0 bridgehead atoms. The maximum Gasteiger partial charge on any atom is 0.262 e. The van der Waals surface area contributed by atoms with Gasteiger partial charge in [-0.25, -0.2) is 0 Å². The number of likely N-dealkylation sites (N-methyl/N-ethyl adjacent to an activating group) is 1. The van der Waals surface area contributed by atoms with Crippen molar-refractivity contribution in [2.24, 2.45) is 0 Å². The highest BCUT2D eigenvalue weighted by Gasteiger charge is 2.17. The van der Waals surface area contributed by atoms with Crippen molar-refractivity contribution in [3.63, 3.8) is 0 Å². The van der Waals surface area contributed by atoms with E-state index in [1.807, 2.05) is 12.1 Å². The molecule has 1 aliphatic rings. The van der Waals surface area contributed by atoms with Crippen LogP contribution in [-0.2, 0) is 4.79 Å². The van der Waals surface area contributed by atoms with Gasteiger partial charge in [-0.3, -0.25) is 9.59 Å². The van der Waals surface area contributed by atoms with Crippen molar-refractivity contribution in [1.82, 2.24) is 4.90 Å². The van der Waals surface area contributed by atoms with E-state index in [4.69, 9.17) is 4.74 Å². The summed E-state index contributed by atoms with van der Waals surface area (Å²) in [5, 5.41) is 2.88. The van der Waals surface area contributed by atoms with E-state index in [0.717, 1.165) is 44.0 Å². The maximum absolute atomic E-state index is 12.2. The third-order valence-electron chi connectivity index (χ3n) is 5.27. The van der Waals surface area contributed by atoms with Gasteiger partial charge in [0.1, 0.15) is 5.75 Å². The van der Waals surface area contributed by atoms with Crippen LogP contribution in [-0.4, -0.2) is 55.9 Å². The zero-order chi connectivity index (χ0) is 20.8. The molecule has 1 saturated heterocycles. The number of carbonyl (C=O) groups is 2.